The van der Waals surface area contributed by atoms with Crippen LogP contribution in [0.4, 0.5) is 24.7 Å². The average Bonchev–Trinajstić information content (AvgIpc) is 3.16. The number of piperidine rings is 1. The average molecular weight is 432 g/mol. The number of benzene rings is 1. The molecule has 0 saturated carbocycles. The van der Waals surface area contributed by atoms with Gasteiger partial charge in [0.25, 0.3) is 5.82 Å². The Bertz CT molecular complexity index is 1100. The van der Waals surface area contributed by atoms with Crippen molar-refractivity contribution in [3.05, 3.63) is 47.3 Å². The predicted octanol–water partition coefficient (Wildman–Crippen LogP) is 3.64. The van der Waals surface area contributed by atoms with Crippen LogP contribution in [0.1, 0.15) is 29.8 Å². The van der Waals surface area contributed by atoms with E-state index >= 15 is 0 Å². The van der Waals surface area contributed by atoms with Crippen molar-refractivity contribution in [1.29, 1.82) is 0 Å². The number of hydrogen-bond acceptors (Lipinski definition) is 5. The van der Waals surface area contributed by atoms with Gasteiger partial charge in [0.1, 0.15) is 5.82 Å². The molecule has 0 bridgehead atoms. The molecule has 3 heterocycles. The van der Waals surface area contributed by atoms with Gasteiger partial charge in [-0.2, -0.15) is 17.7 Å². The van der Waals surface area contributed by atoms with E-state index in [1.54, 1.807) is 18.0 Å². The zero-order chi connectivity index (χ0) is 22.3. The van der Waals surface area contributed by atoms with E-state index in [2.05, 4.69) is 21.4 Å². The molecule has 10 heteroatoms. The second-order valence-corrected chi connectivity index (χ2v) is 7.99. The summed E-state index contributed by atoms with van der Waals surface area (Å²) in [5.41, 5.74) is 3.09. The lowest BCUT2D eigenvalue weighted by atomic mass is 9.95. The Hall–Kier alpha value is -3.17. The smallest absolute Gasteiger partial charge is 0.355 e. The van der Waals surface area contributed by atoms with Gasteiger partial charge in [0, 0.05) is 31.7 Å². The highest BCUT2D eigenvalue weighted by Gasteiger charge is 2.38. The van der Waals surface area contributed by atoms with E-state index in [9.17, 15) is 18.0 Å². The van der Waals surface area contributed by atoms with Gasteiger partial charge in [-0.15, -0.1) is 15.3 Å². The fraction of sp³-hybridized carbons (Fsp3) is 0.429. The molecule has 0 radical (unpaired) electrons. The van der Waals surface area contributed by atoms with Gasteiger partial charge in [0.15, 0.2) is 5.65 Å². The molecule has 0 aliphatic carbocycles. The molecular weight excluding hydrogens is 409 g/mol. The van der Waals surface area contributed by atoms with Crippen LogP contribution in [0.2, 0.25) is 0 Å². The van der Waals surface area contributed by atoms with Crippen molar-refractivity contribution in [2.24, 2.45) is 5.92 Å². The number of halogens is 3. The van der Waals surface area contributed by atoms with E-state index in [1.165, 1.54) is 6.07 Å². The number of aryl methyl sites for hydroxylation is 2. The minimum atomic E-state index is -4.64. The minimum Gasteiger partial charge on any atom is -0.355 e. The van der Waals surface area contributed by atoms with Crippen LogP contribution in [-0.4, -0.2) is 45.9 Å². The van der Waals surface area contributed by atoms with Crippen LogP contribution in [0.25, 0.3) is 5.65 Å². The molecule has 0 spiro atoms. The molecule has 0 atom stereocenters. The summed E-state index contributed by atoms with van der Waals surface area (Å²) in [6.07, 6.45) is -3.44. The highest BCUT2D eigenvalue weighted by Crippen LogP contribution is 2.29. The molecule has 7 nitrogen and oxygen atoms in total. The van der Waals surface area contributed by atoms with Crippen molar-refractivity contribution in [1.82, 2.24) is 19.8 Å². The lowest BCUT2D eigenvalue weighted by molar-refractivity contribution is -0.146. The number of carbonyl (C=O) groups is 1. The fourth-order valence-electron chi connectivity index (χ4n) is 4.03. The lowest BCUT2D eigenvalue weighted by Gasteiger charge is -2.34. The Morgan fingerprint density at radius 3 is 2.32 bits per heavy atom. The van der Waals surface area contributed by atoms with E-state index < -0.39 is 12.0 Å². The van der Waals surface area contributed by atoms with Gasteiger partial charge in [-0.05, 0) is 62.1 Å². The van der Waals surface area contributed by atoms with E-state index in [-0.39, 0.29) is 17.5 Å². The topological polar surface area (TPSA) is 66.6 Å². The first-order valence-electron chi connectivity index (χ1n) is 10.0. The van der Waals surface area contributed by atoms with Crippen LogP contribution in [0.3, 0.4) is 0 Å². The monoisotopic (exact) mass is 432 g/mol. The molecule has 1 aliphatic heterocycles. The minimum absolute atomic E-state index is 0.0382. The van der Waals surface area contributed by atoms with Crippen LogP contribution >= 0.6 is 0 Å². The summed E-state index contributed by atoms with van der Waals surface area (Å²) in [6.45, 7) is 5.05. The van der Waals surface area contributed by atoms with Gasteiger partial charge < -0.3 is 9.80 Å². The molecule has 1 aromatic carbocycles. The summed E-state index contributed by atoms with van der Waals surface area (Å²) >= 11 is 0. The number of alkyl halides is 3. The quantitative estimate of drug-likeness (QED) is 0.632. The summed E-state index contributed by atoms with van der Waals surface area (Å²) in [5, 5.41) is 10.8. The third-order valence-electron chi connectivity index (χ3n) is 5.59. The molecule has 2 aromatic heterocycles. The third kappa shape index (κ3) is 4.19. The van der Waals surface area contributed by atoms with E-state index in [4.69, 9.17) is 0 Å². The van der Waals surface area contributed by atoms with Crippen molar-refractivity contribution in [2.45, 2.75) is 32.9 Å². The first kappa shape index (κ1) is 21.1. The van der Waals surface area contributed by atoms with Crippen molar-refractivity contribution >= 4 is 23.1 Å². The molecule has 0 unspecified atom stereocenters. The number of fused-ring (bicyclic) bond motifs is 1. The van der Waals surface area contributed by atoms with Gasteiger partial charge in [-0.1, -0.05) is 6.07 Å². The zero-order valence-corrected chi connectivity index (χ0v) is 17.5. The van der Waals surface area contributed by atoms with Crippen LogP contribution < -0.4 is 9.80 Å². The summed E-state index contributed by atoms with van der Waals surface area (Å²) < 4.78 is 40.1. The van der Waals surface area contributed by atoms with E-state index in [1.807, 2.05) is 30.9 Å². The van der Waals surface area contributed by atoms with Gasteiger partial charge >= 0.3 is 6.18 Å². The lowest BCUT2D eigenvalue weighted by Crippen LogP contribution is -2.41. The molecular formula is C21H23F3N6O. The van der Waals surface area contributed by atoms with E-state index in [0.717, 1.165) is 21.3 Å². The van der Waals surface area contributed by atoms with Crippen molar-refractivity contribution in [2.75, 3.05) is 29.9 Å². The van der Waals surface area contributed by atoms with Crippen LogP contribution in [-0.2, 0) is 11.0 Å². The Balaban J connectivity index is 1.46. The fourth-order valence-corrected chi connectivity index (χ4v) is 4.03. The Labute approximate surface area is 177 Å². The van der Waals surface area contributed by atoms with Gasteiger partial charge in [0.2, 0.25) is 5.91 Å². The highest BCUT2D eigenvalue weighted by molar-refractivity contribution is 5.94. The number of nitrogens with zero attached hydrogens (tertiary/aromatic N) is 6. The predicted molar refractivity (Wildman–Crippen MR) is 110 cm³/mol. The normalized spacial score (nSPS) is 15.5. The zero-order valence-electron chi connectivity index (χ0n) is 17.5. The molecule has 1 saturated heterocycles. The molecule has 3 aromatic rings. The largest absolute Gasteiger partial charge is 0.453 e. The van der Waals surface area contributed by atoms with E-state index in [0.29, 0.717) is 31.7 Å². The molecule has 31 heavy (non-hydrogen) atoms. The van der Waals surface area contributed by atoms with Crippen LogP contribution in [0.5, 0.6) is 0 Å². The number of amides is 1. The maximum Gasteiger partial charge on any atom is 0.453 e. The van der Waals surface area contributed by atoms with Crippen LogP contribution in [0.15, 0.2) is 30.3 Å². The molecule has 1 aliphatic rings. The molecule has 1 fully saturated rings. The first-order chi connectivity index (χ1) is 14.6. The highest BCUT2D eigenvalue weighted by atomic mass is 19.4. The number of hydrogen-bond donors (Lipinski definition) is 0. The molecule has 0 N–H and O–H groups in total. The summed E-state index contributed by atoms with van der Waals surface area (Å²) in [7, 11) is 1.78. The third-order valence-corrected chi connectivity index (χ3v) is 5.59. The number of aromatic nitrogens is 4. The van der Waals surface area contributed by atoms with Crippen LogP contribution in [0, 0.1) is 19.8 Å². The van der Waals surface area contributed by atoms with Gasteiger partial charge in [-0.25, -0.2) is 0 Å². The Kier molecular flexibility index (Phi) is 5.32. The van der Waals surface area contributed by atoms with Gasteiger partial charge in [0.05, 0.1) is 0 Å². The molecule has 1 amide bonds. The van der Waals surface area contributed by atoms with Crippen molar-refractivity contribution < 1.29 is 18.0 Å². The standard InChI is InChI=1S/C21H23F3N6O/c1-13-10-14(2)12-16(11-13)28(3)19(31)15-6-8-29(9-7-15)18-5-4-17-25-26-20(21(22,23)24)30(17)27-18/h4-5,10-12,15H,6-9H2,1-3H3. The Morgan fingerprint density at radius 1 is 1.06 bits per heavy atom. The van der Waals surface area contributed by atoms with Crippen molar-refractivity contribution in [3.63, 3.8) is 0 Å². The first-order valence-corrected chi connectivity index (χ1v) is 10.0. The summed E-state index contributed by atoms with van der Waals surface area (Å²) in [6, 6.07) is 9.13. The maximum absolute atomic E-state index is 13.1. The Morgan fingerprint density at radius 2 is 1.71 bits per heavy atom. The van der Waals surface area contributed by atoms with Crippen molar-refractivity contribution in [3.8, 4) is 0 Å². The molecule has 4 rings (SSSR count). The molecule has 164 valence electrons. The number of rotatable bonds is 3. The van der Waals surface area contributed by atoms with Gasteiger partial charge in [-0.3, -0.25) is 4.79 Å². The SMILES string of the molecule is Cc1cc(C)cc(N(C)C(=O)C2CCN(c3ccc4nnc(C(F)(F)F)n4n3)CC2)c1. The summed E-state index contributed by atoms with van der Waals surface area (Å²) in [4.78, 5) is 16.6. The second-order valence-electron chi connectivity index (χ2n) is 7.99. The number of anilines is 2. The summed E-state index contributed by atoms with van der Waals surface area (Å²) in [5.74, 6) is -0.839. The number of carbonyl (C=O) groups excluding carboxylic acids is 1. The second kappa shape index (κ2) is 7.82. The maximum atomic E-state index is 13.1.